The van der Waals surface area contributed by atoms with Crippen molar-refractivity contribution in [3.05, 3.63) is 71.8 Å². The predicted molar refractivity (Wildman–Crippen MR) is 86.0 cm³/mol. The van der Waals surface area contributed by atoms with Gasteiger partial charge in [-0.15, -0.1) is 0 Å². The van der Waals surface area contributed by atoms with Gasteiger partial charge in [0.15, 0.2) is 0 Å². The molecule has 0 unspecified atom stereocenters. The van der Waals surface area contributed by atoms with Gasteiger partial charge >= 0.3 is 0 Å². The summed E-state index contributed by atoms with van der Waals surface area (Å²) in [6, 6.07) is 21.2. The Morgan fingerprint density at radius 2 is 0.900 bits per heavy atom. The molecule has 0 saturated carbocycles. The molecule has 2 aromatic rings. The van der Waals surface area contributed by atoms with E-state index in [0.29, 0.717) is 0 Å². The Hall–Kier alpha value is -1.64. The monoisotopic (exact) mass is 268 g/mol. The molecule has 3 rings (SSSR count). The van der Waals surface area contributed by atoms with Gasteiger partial charge in [0.25, 0.3) is 0 Å². The molecule has 0 aromatic heterocycles. The molecule has 1 heterocycles. The maximum atomic E-state index is 3.22. The summed E-state index contributed by atoms with van der Waals surface area (Å²) in [6.45, 7) is 4.56. The van der Waals surface area contributed by atoms with Gasteiger partial charge in [0, 0.05) is 26.2 Å². The summed E-state index contributed by atoms with van der Waals surface area (Å²) in [5.41, 5.74) is 2.83. The molecule has 0 aliphatic carbocycles. The average molecular weight is 268 g/mol. The molecule has 2 aromatic carbocycles. The molecule has 0 spiro atoms. The van der Waals surface area contributed by atoms with E-state index in [9.17, 15) is 0 Å². The van der Waals surface area contributed by atoms with E-state index in [1.54, 1.807) is 0 Å². The van der Waals surface area contributed by atoms with E-state index in [2.05, 4.69) is 71.3 Å². The quantitative estimate of drug-likeness (QED) is 0.894. The fourth-order valence-electron chi connectivity index (χ4n) is 2.18. The molecule has 0 radical (unpaired) electrons. The third-order valence-corrected chi connectivity index (χ3v) is 3.35. The van der Waals surface area contributed by atoms with Gasteiger partial charge in [0.05, 0.1) is 0 Å². The van der Waals surface area contributed by atoms with Gasteiger partial charge < -0.3 is 10.6 Å². The summed E-state index contributed by atoms with van der Waals surface area (Å²) in [6.07, 6.45) is 2.26. The van der Waals surface area contributed by atoms with Gasteiger partial charge in [-0.3, -0.25) is 0 Å². The minimum absolute atomic E-state index is 1.13. The number of aryl methyl sites for hydroxylation is 2. The fraction of sp³-hybridized carbons (Fsp3) is 0.333. The largest absolute Gasteiger partial charge is 0.314 e. The van der Waals surface area contributed by atoms with Crippen LogP contribution in [0.5, 0.6) is 0 Å². The Morgan fingerprint density at radius 1 is 0.550 bits per heavy atom. The number of piperazine rings is 1. The summed E-state index contributed by atoms with van der Waals surface area (Å²) in [5, 5.41) is 6.44. The topological polar surface area (TPSA) is 24.1 Å². The van der Waals surface area contributed by atoms with Crippen molar-refractivity contribution in [3.63, 3.8) is 0 Å². The van der Waals surface area contributed by atoms with Gasteiger partial charge in [-0.1, -0.05) is 60.7 Å². The summed E-state index contributed by atoms with van der Waals surface area (Å²) in [7, 11) is 0. The first-order valence-corrected chi connectivity index (χ1v) is 7.44. The molecule has 1 aliphatic heterocycles. The van der Waals surface area contributed by atoms with Crippen LogP contribution in [-0.2, 0) is 12.8 Å². The smallest absolute Gasteiger partial charge is 0.00772 e. The Kier molecular flexibility index (Phi) is 6.86. The van der Waals surface area contributed by atoms with E-state index in [4.69, 9.17) is 0 Å². The zero-order chi connectivity index (χ0) is 13.9. The van der Waals surface area contributed by atoms with Crippen LogP contribution in [0.2, 0.25) is 0 Å². The lowest BCUT2D eigenvalue weighted by atomic mass is 10.0. The van der Waals surface area contributed by atoms with Crippen molar-refractivity contribution in [3.8, 4) is 0 Å². The molecule has 0 amide bonds. The third-order valence-electron chi connectivity index (χ3n) is 3.35. The predicted octanol–water partition coefficient (Wildman–Crippen LogP) is 2.65. The van der Waals surface area contributed by atoms with Crippen LogP contribution in [0.25, 0.3) is 0 Å². The highest BCUT2D eigenvalue weighted by Crippen LogP contribution is 2.06. The number of rotatable bonds is 3. The highest BCUT2D eigenvalue weighted by molar-refractivity contribution is 5.19. The minimum Gasteiger partial charge on any atom is -0.314 e. The van der Waals surface area contributed by atoms with Crippen LogP contribution < -0.4 is 10.6 Å². The van der Waals surface area contributed by atoms with Crippen molar-refractivity contribution >= 4 is 0 Å². The third kappa shape index (κ3) is 6.00. The van der Waals surface area contributed by atoms with Crippen molar-refractivity contribution in [2.24, 2.45) is 0 Å². The lowest BCUT2D eigenvalue weighted by molar-refractivity contribution is 0.534. The van der Waals surface area contributed by atoms with Crippen LogP contribution >= 0.6 is 0 Å². The van der Waals surface area contributed by atoms with Crippen LogP contribution in [-0.4, -0.2) is 26.2 Å². The van der Waals surface area contributed by atoms with E-state index >= 15 is 0 Å². The van der Waals surface area contributed by atoms with E-state index in [1.165, 1.54) is 11.1 Å². The van der Waals surface area contributed by atoms with Crippen LogP contribution in [0.15, 0.2) is 60.7 Å². The average Bonchev–Trinajstić information content (AvgIpc) is 2.57. The maximum Gasteiger partial charge on any atom is 0.00772 e. The summed E-state index contributed by atoms with van der Waals surface area (Å²) >= 11 is 0. The van der Waals surface area contributed by atoms with Crippen LogP contribution in [0.4, 0.5) is 0 Å². The molecule has 2 nitrogen and oxygen atoms in total. The Labute approximate surface area is 122 Å². The molecule has 1 fully saturated rings. The Balaban J connectivity index is 0.000000205. The van der Waals surface area contributed by atoms with Gasteiger partial charge in [0.2, 0.25) is 0 Å². The van der Waals surface area contributed by atoms with Crippen molar-refractivity contribution < 1.29 is 0 Å². The lowest BCUT2D eigenvalue weighted by Gasteiger charge is -2.11. The van der Waals surface area contributed by atoms with Gasteiger partial charge in [0.1, 0.15) is 0 Å². The Morgan fingerprint density at radius 3 is 1.20 bits per heavy atom. The van der Waals surface area contributed by atoms with Crippen LogP contribution in [0.1, 0.15) is 11.1 Å². The van der Waals surface area contributed by atoms with E-state index in [0.717, 1.165) is 39.0 Å². The van der Waals surface area contributed by atoms with E-state index < -0.39 is 0 Å². The SMILES string of the molecule is C1CNCCN1.c1ccc(CCc2ccccc2)cc1. The highest BCUT2D eigenvalue weighted by atomic mass is 15.0. The maximum absolute atomic E-state index is 3.22. The summed E-state index contributed by atoms with van der Waals surface area (Å²) < 4.78 is 0. The number of hydrogen-bond acceptors (Lipinski definition) is 2. The molecule has 2 N–H and O–H groups in total. The second-order valence-corrected chi connectivity index (χ2v) is 4.97. The van der Waals surface area contributed by atoms with E-state index in [-0.39, 0.29) is 0 Å². The number of benzene rings is 2. The summed E-state index contributed by atoms with van der Waals surface area (Å²) in [5.74, 6) is 0. The first-order valence-electron chi connectivity index (χ1n) is 7.44. The zero-order valence-electron chi connectivity index (χ0n) is 12.0. The molecule has 2 heteroatoms. The van der Waals surface area contributed by atoms with Gasteiger partial charge in [-0.2, -0.15) is 0 Å². The standard InChI is InChI=1S/C14H14.C4H10N2/c1-3-7-13(8-4-1)11-12-14-9-5-2-6-10-14;1-2-6-4-3-5-1/h1-10H,11-12H2;5-6H,1-4H2. The highest BCUT2D eigenvalue weighted by Gasteiger charge is 1.93. The van der Waals surface area contributed by atoms with Gasteiger partial charge in [-0.25, -0.2) is 0 Å². The number of nitrogens with one attached hydrogen (secondary N) is 2. The molecule has 0 atom stereocenters. The minimum atomic E-state index is 1.13. The molecule has 1 saturated heterocycles. The Bertz CT molecular complexity index is 398. The molecule has 106 valence electrons. The molecular formula is C18H24N2. The molecule has 1 aliphatic rings. The second-order valence-electron chi connectivity index (χ2n) is 4.97. The van der Waals surface area contributed by atoms with Crippen molar-refractivity contribution in [1.82, 2.24) is 10.6 Å². The lowest BCUT2D eigenvalue weighted by Crippen LogP contribution is -2.39. The molecular weight excluding hydrogens is 244 g/mol. The second kappa shape index (κ2) is 9.29. The fourth-order valence-corrected chi connectivity index (χ4v) is 2.18. The van der Waals surface area contributed by atoms with Crippen molar-refractivity contribution in [2.75, 3.05) is 26.2 Å². The summed E-state index contributed by atoms with van der Waals surface area (Å²) in [4.78, 5) is 0. The van der Waals surface area contributed by atoms with Gasteiger partial charge in [-0.05, 0) is 24.0 Å². The van der Waals surface area contributed by atoms with Crippen LogP contribution in [0, 0.1) is 0 Å². The first kappa shape index (κ1) is 14.8. The van der Waals surface area contributed by atoms with Crippen LogP contribution in [0.3, 0.4) is 0 Å². The van der Waals surface area contributed by atoms with Crippen molar-refractivity contribution in [1.29, 1.82) is 0 Å². The number of hydrogen-bond donors (Lipinski definition) is 2. The molecule has 20 heavy (non-hydrogen) atoms. The first-order chi connectivity index (χ1) is 9.95. The van der Waals surface area contributed by atoms with E-state index in [1.807, 2.05) is 0 Å². The normalized spacial score (nSPS) is 14.2. The van der Waals surface area contributed by atoms with Crippen molar-refractivity contribution in [2.45, 2.75) is 12.8 Å². The zero-order valence-corrected chi connectivity index (χ0v) is 12.0. The molecule has 0 bridgehead atoms.